The number of hydrogen-bond acceptors (Lipinski definition) is 6. The van der Waals surface area contributed by atoms with Gasteiger partial charge < -0.3 is 14.8 Å². The third kappa shape index (κ3) is 3.17. The highest BCUT2D eigenvalue weighted by Gasteiger charge is 2.49. The summed E-state index contributed by atoms with van der Waals surface area (Å²) in [5.74, 6) is 0.651. The van der Waals surface area contributed by atoms with Crippen molar-refractivity contribution in [1.29, 1.82) is 0 Å². The lowest BCUT2D eigenvalue weighted by molar-refractivity contribution is -0.131. The van der Waals surface area contributed by atoms with Gasteiger partial charge in [-0.25, -0.2) is 17.5 Å². The Kier molecular flexibility index (Phi) is 4.70. The summed E-state index contributed by atoms with van der Waals surface area (Å²) in [6.45, 7) is 1.67. The lowest BCUT2D eigenvalue weighted by Crippen LogP contribution is -2.40. The van der Waals surface area contributed by atoms with Crippen molar-refractivity contribution in [1.82, 2.24) is 14.5 Å². The maximum Gasteiger partial charge on any atom is 0.325 e. The third-order valence-corrected chi connectivity index (χ3v) is 7.05. The van der Waals surface area contributed by atoms with Crippen LogP contribution in [0.5, 0.6) is 11.5 Å². The van der Waals surface area contributed by atoms with E-state index in [1.807, 2.05) is 0 Å². The molecule has 0 aliphatic carbocycles. The first-order chi connectivity index (χ1) is 14.1. The Labute approximate surface area is 174 Å². The standard InChI is InChI=1S/C20H21N3O6S/c1-20(14-7-8-16-17(10-14)29-12-28-16)18(24)23(19(25)21-20)11-13-5-4-6-15(9-13)30(26,27)22(2)3/h4-10H,11-12H2,1-3H3,(H,21,25). The molecule has 9 nitrogen and oxygen atoms in total. The van der Waals surface area contributed by atoms with E-state index in [1.165, 1.54) is 26.2 Å². The van der Waals surface area contributed by atoms with Crippen LogP contribution in [0.15, 0.2) is 47.4 Å². The van der Waals surface area contributed by atoms with Crippen molar-refractivity contribution in [2.45, 2.75) is 23.9 Å². The van der Waals surface area contributed by atoms with Crippen molar-refractivity contribution >= 4 is 22.0 Å². The summed E-state index contributed by atoms with van der Waals surface area (Å²) >= 11 is 0. The number of urea groups is 1. The quantitative estimate of drug-likeness (QED) is 0.722. The van der Waals surface area contributed by atoms with Gasteiger partial charge in [0, 0.05) is 14.1 Å². The number of benzene rings is 2. The molecule has 1 unspecified atom stereocenters. The summed E-state index contributed by atoms with van der Waals surface area (Å²) in [6, 6.07) is 10.7. The maximum absolute atomic E-state index is 13.2. The third-order valence-electron chi connectivity index (χ3n) is 5.24. The van der Waals surface area contributed by atoms with Crippen LogP contribution in [-0.4, -0.2) is 50.4 Å². The number of nitrogens with one attached hydrogen (secondary N) is 1. The van der Waals surface area contributed by atoms with Crippen molar-refractivity contribution in [2.75, 3.05) is 20.9 Å². The first-order valence-electron chi connectivity index (χ1n) is 9.18. The van der Waals surface area contributed by atoms with Crippen LogP contribution in [0, 0.1) is 0 Å². The second-order valence-electron chi connectivity index (χ2n) is 7.45. The Balaban J connectivity index is 1.61. The van der Waals surface area contributed by atoms with Gasteiger partial charge >= 0.3 is 6.03 Å². The molecule has 0 bridgehead atoms. The van der Waals surface area contributed by atoms with Gasteiger partial charge in [-0.15, -0.1) is 0 Å². The van der Waals surface area contributed by atoms with Crippen molar-refractivity contribution in [3.8, 4) is 11.5 Å². The smallest absolute Gasteiger partial charge is 0.325 e. The minimum atomic E-state index is -3.63. The van der Waals surface area contributed by atoms with Crippen molar-refractivity contribution in [3.63, 3.8) is 0 Å². The van der Waals surface area contributed by atoms with E-state index in [0.29, 0.717) is 22.6 Å². The highest BCUT2D eigenvalue weighted by molar-refractivity contribution is 7.89. The van der Waals surface area contributed by atoms with Crippen LogP contribution < -0.4 is 14.8 Å². The number of ether oxygens (including phenoxy) is 2. The molecule has 0 spiro atoms. The molecular formula is C20H21N3O6S. The zero-order chi connectivity index (χ0) is 21.7. The lowest BCUT2D eigenvalue weighted by atomic mass is 9.91. The first kappa shape index (κ1) is 20.2. The largest absolute Gasteiger partial charge is 0.454 e. The number of fused-ring (bicyclic) bond motifs is 1. The molecule has 30 heavy (non-hydrogen) atoms. The van der Waals surface area contributed by atoms with Crippen LogP contribution in [0.1, 0.15) is 18.1 Å². The van der Waals surface area contributed by atoms with Crippen LogP contribution in [0.2, 0.25) is 0 Å². The zero-order valence-corrected chi connectivity index (χ0v) is 17.5. The van der Waals surface area contributed by atoms with Crippen LogP contribution in [0.4, 0.5) is 4.79 Å². The average Bonchev–Trinajstić information content (AvgIpc) is 3.26. The van der Waals surface area contributed by atoms with E-state index in [4.69, 9.17) is 9.47 Å². The summed E-state index contributed by atoms with van der Waals surface area (Å²) < 4.78 is 36.5. The fourth-order valence-corrected chi connectivity index (χ4v) is 4.41. The summed E-state index contributed by atoms with van der Waals surface area (Å²) in [7, 11) is -0.747. The Morgan fingerprint density at radius 2 is 1.83 bits per heavy atom. The number of imide groups is 1. The SMILES string of the molecule is CN(C)S(=O)(=O)c1cccc(CN2C(=O)NC(C)(c3ccc4c(c3)OCO4)C2=O)c1. The summed E-state index contributed by atoms with van der Waals surface area (Å²) in [5, 5.41) is 2.74. The van der Waals surface area contributed by atoms with Crippen LogP contribution in [0.25, 0.3) is 0 Å². The van der Waals surface area contributed by atoms with Gasteiger partial charge in [0.1, 0.15) is 5.54 Å². The van der Waals surface area contributed by atoms with Gasteiger partial charge in [-0.05, 0) is 42.3 Å². The highest BCUT2D eigenvalue weighted by atomic mass is 32.2. The summed E-state index contributed by atoms with van der Waals surface area (Å²) in [4.78, 5) is 27.0. The molecule has 1 atom stereocenters. The topological polar surface area (TPSA) is 105 Å². The van der Waals surface area contributed by atoms with Crippen LogP contribution >= 0.6 is 0 Å². The highest BCUT2D eigenvalue weighted by Crippen LogP contribution is 2.38. The molecule has 4 rings (SSSR count). The van der Waals surface area contributed by atoms with Gasteiger partial charge in [-0.2, -0.15) is 0 Å². The molecule has 1 N–H and O–H groups in total. The molecule has 2 aliphatic rings. The van der Waals surface area contributed by atoms with Crippen molar-refractivity contribution in [3.05, 3.63) is 53.6 Å². The Hall–Kier alpha value is -3.11. The number of sulfonamides is 1. The molecule has 0 saturated carbocycles. The maximum atomic E-state index is 13.2. The van der Waals surface area contributed by atoms with E-state index < -0.39 is 27.5 Å². The van der Waals surface area contributed by atoms with E-state index in [2.05, 4.69) is 5.32 Å². The molecule has 2 aliphatic heterocycles. The minimum Gasteiger partial charge on any atom is -0.454 e. The first-order valence-corrected chi connectivity index (χ1v) is 10.6. The Morgan fingerprint density at radius 3 is 2.57 bits per heavy atom. The zero-order valence-electron chi connectivity index (χ0n) is 16.7. The number of carbonyl (C=O) groups excluding carboxylic acids is 2. The van der Waals surface area contributed by atoms with E-state index in [1.54, 1.807) is 37.3 Å². The molecule has 0 aromatic heterocycles. The van der Waals surface area contributed by atoms with Gasteiger partial charge in [0.2, 0.25) is 16.8 Å². The molecule has 10 heteroatoms. The van der Waals surface area contributed by atoms with E-state index >= 15 is 0 Å². The summed E-state index contributed by atoms with van der Waals surface area (Å²) in [6.07, 6.45) is 0. The number of nitrogens with zero attached hydrogens (tertiary/aromatic N) is 2. The molecule has 1 saturated heterocycles. The predicted octanol–water partition coefficient (Wildman–Crippen LogP) is 1.63. The second-order valence-corrected chi connectivity index (χ2v) is 9.60. The normalized spacial score (nSPS) is 20.7. The fraction of sp³-hybridized carbons (Fsp3) is 0.300. The van der Waals surface area contributed by atoms with Gasteiger partial charge in [-0.3, -0.25) is 9.69 Å². The van der Waals surface area contributed by atoms with Crippen LogP contribution in [0.3, 0.4) is 0 Å². The molecule has 2 aromatic rings. The number of carbonyl (C=O) groups is 2. The second kappa shape index (κ2) is 6.99. The van der Waals surface area contributed by atoms with E-state index in [0.717, 1.165) is 9.21 Å². The van der Waals surface area contributed by atoms with Crippen molar-refractivity contribution < 1.29 is 27.5 Å². The Bertz CT molecular complexity index is 1150. The molecule has 3 amide bonds. The minimum absolute atomic E-state index is 0.0540. The van der Waals surface area contributed by atoms with Gasteiger partial charge in [-0.1, -0.05) is 18.2 Å². The number of rotatable bonds is 5. The van der Waals surface area contributed by atoms with Gasteiger partial charge in [0.15, 0.2) is 11.5 Å². The van der Waals surface area contributed by atoms with Gasteiger partial charge in [0.05, 0.1) is 11.4 Å². The molecule has 158 valence electrons. The molecule has 1 fully saturated rings. The van der Waals surface area contributed by atoms with E-state index in [9.17, 15) is 18.0 Å². The molecule has 2 heterocycles. The number of amides is 3. The average molecular weight is 431 g/mol. The number of hydrogen-bond donors (Lipinski definition) is 1. The fourth-order valence-electron chi connectivity index (χ4n) is 3.44. The summed E-state index contributed by atoms with van der Waals surface area (Å²) in [5.41, 5.74) is -0.182. The lowest BCUT2D eigenvalue weighted by Gasteiger charge is -2.22. The Morgan fingerprint density at radius 1 is 1.10 bits per heavy atom. The monoisotopic (exact) mass is 431 g/mol. The molecule has 0 radical (unpaired) electrons. The van der Waals surface area contributed by atoms with Crippen LogP contribution in [-0.2, 0) is 26.9 Å². The molecule has 2 aromatic carbocycles. The predicted molar refractivity (Wildman–Crippen MR) is 106 cm³/mol. The van der Waals surface area contributed by atoms with Gasteiger partial charge in [0.25, 0.3) is 5.91 Å². The van der Waals surface area contributed by atoms with E-state index in [-0.39, 0.29) is 18.2 Å². The van der Waals surface area contributed by atoms with Crippen molar-refractivity contribution in [2.24, 2.45) is 0 Å². The molecular weight excluding hydrogens is 410 g/mol.